The van der Waals surface area contributed by atoms with Gasteiger partial charge in [-0.1, -0.05) is 18.8 Å². The summed E-state index contributed by atoms with van der Waals surface area (Å²) in [5, 5.41) is 48.4. The summed E-state index contributed by atoms with van der Waals surface area (Å²) in [7, 11) is 3.14. The van der Waals surface area contributed by atoms with Gasteiger partial charge in [-0.3, -0.25) is 19.3 Å². The maximum Gasteiger partial charge on any atom is 0.317 e. The van der Waals surface area contributed by atoms with Crippen molar-refractivity contribution in [2.24, 2.45) is 17.6 Å². The van der Waals surface area contributed by atoms with E-state index in [4.69, 9.17) is 10.5 Å². The average Bonchev–Trinajstić information content (AvgIpc) is 2.98. The van der Waals surface area contributed by atoms with Gasteiger partial charge in [0.05, 0.1) is 30.4 Å². The number of nitrogens with two attached hydrogens (primary N) is 1. The number of allylic oxidation sites excluding steroid dienone is 1. The Morgan fingerprint density at radius 3 is 2.50 bits per heavy atom. The van der Waals surface area contributed by atoms with Gasteiger partial charge in [0.15, 0.2) is 11.4 Å². The first kappa shape index (κ1) is 31.1. The van der Waals surface area contributed by atoms with E-state index in [9.17, 15) is 39.6 Å². The highest BCUT2D eigenvalue weighted by Gasteiger charge is 2.63. The number of carbonyl (C=O) groups is 4. The van der Waals surface area contributed by atoms with E-state index in [0.29, 0.717) is 43.9 Å². The number of hydrogen-bond donors (Lipinski definition) is 6. The maximum atomic E-state index is 14.1. The summed E-state index contributed by atoms with van der Waals surface area (Å²) >= 11 is 0. The number of urea groups is 1. The molecule has 1 aromatic rings. The number of amides is 3. The second-order valence-corrected chi connectivity index (χ2v) is 11.7. The topological polar surface area (TPSA) is 203 Å². The Labute approximate surface area is 253 Å². The fraction of sp³-hybridized carbons (Fsp3) is 0.484. The number of nitrogens with one attached hydrogen (secondary N) is 1. The predicted octanol–water partition coefficient (Wildman–Crippen LogP) is 0.424. The van der Waals surface area contributed by atoms with Crippen LogP contribution in [0, 0.1) is 23.7 Å². The first-order chi connectivity index (χ1) is 20.8. The zero-order valence-corrected chi connectivity index (χ0v) is 24.8. The molecule has 3 amide bonds. The van der Waals surface area contributed by atoms with E-state index >= 15 is 0 Å². The van der Waals surface area contributed by atoms with Crippen molar-refractivity contribution in [2.75, 3.05) is 40.4 Å². The van der Waals surface area contributed by atoms with Gasteiger partial charge in [0.2, 0.25) is 5.78 Å². The number of aromatic hydroxyl groups is 1. The van der Waals surface area contributed by atoms with E-state index in [1.54, 1.807) is 25.1 Å². The van der Waals surface area contributed by atoms with Gasteiger partial charge in [0, 0.05) is 37.5 Å². The van der Waals surface area contributed by atoms with E-state index in [0.717, 1.165) is 0 Å². The Bertz CT molecular complexity index is 1580. The number of ketones is 2. The lowest BCUT2D eigenvalue weighted by Gasteiger charge is -2.50. The van der Waals surface area contributed by atoms with Crippen LogP contribution >= 0.6 is 0 Å². The van der Waals surface area contributed by atoms with Gasteiger partial charge in [-0.05, 0) is 50.0 Å². The summed E-state index contributed by atoms with van der Waals surface area (Å²) in [4.78, 5) is 55.8. The quantitative estimate of drug-likeness (QED) is 0.205. The third-order valence-electron chi connectivity index (χ3n) is 8.94. The smallest absolute Gasteiger partial charge is 0.317 e. The molecule has 13 nitrogen and oxygen atoms in total. The largest absolute Gasteiger partial charge is 0.510 e. The highest BCUT2D eigenvalue weighted by molar-refractivity contribution is 6.24. The molecule has 0 spiro atoms. The van der Waals surface area contributed by atoms with Crippen LogP contribution in [0.1, 0.15) is 46.8 Å². The van der Waals surface area contributed by atoms with Crippen LogP contribution in [0.15, 0.2) is 28.7 Å². The Balaban J connectivity index is 1.63. The van der Waals surface area contributed by atoms with E-state index in [-0.39, 0.29) is 42.1 Å². The van der Waals surface area contributed by atoms with E-state index in [1.165, 1.54) is 4.90 Å². The number of Topliss-reactive ketones (excluding diaryl/α,β-unsaturated/α-hetero) is 2. The molecule has 0 aromatic heterocycles. The molecule has 1 aliphatic heterocycles. The van der Waals surface area contributed by atoms with Crippen molar-refractivity contribution < 1.29 is 44.3 Å². The molecule has 1 saturated heterocycles. The minimum atomic E-state index is -2.73. The number of nitrogens with zero attached hydrogens (tertiary/aromatic N) is 2. The monoisotopic (exact) mass is 608 g/mol. The molecule has 4 aliphatic rings. The third-order valence-corrected chi connectivity index (χ3v) is 8.94. The van der Waals surface area contributed by atoms with Crippen LogP contribution in [0.5, 0.6) is 5.75 Å². The number of likely N-dealkylation sites (N-methyl/N-ethyl adjacent to an activating group) is 1. The van der Waals surface area contributed by atoms with E-state index in [2.05, 4.69) is 17.2 Å². The summed E-state index contributed by atoms with van der Waals surface area (Å²) in [5.41, 5.74) is 2.51. The Morgan fingerprint density at radius 2 is 1.89 bits per heavy atom. The van der Waals surface area contributed by atoms with E-state index < -0.39 is 63.8 Å². The maximum absolute atomic E-state index is 14.1. The zero-order valence-electron chi connectivity index (χ0n) is 24.8. The Hall–Kier alpha value is -4.38. The summed E-state index contributed by atoms with van der Waals surface area (Å²) in [5.74, 6) is -1.55. The van der Waals surface area contributed by atoms with Crippen molar-refractivity contribution in [3.63, 3.8) is 0 Å². The van der Waals surface area contributed by atoms with Gasteiger partial charge in [-0.25, -0.2) is 4.79 Å². The first-order valence-corrected chi connectivity index (χ1v) is 14.5. The van der Waals surface area contributed by atoms with Gasteiger partial charge < -0.3 is 41.1 Å². The standard InChI is InChI=1S/C31H36N4O9/c1-4-5-6-15-11-17(14-33-30(42)35-7-9-44-10-8-35)18-12-16-13-19-23(34(2)3)26(38)22(29(32)41)28(40)31(19,43)27(39)20(16)25(37)21(18)24(15)36/h11,16,19,23,36,38-39,43H,4,7-10,12-14H2,1-3H3,(H2,32,41)(H,33,42)/t16-,19-,23-,31-/m0/s1. The molecule has 0 unspecified atom stereocenters. The molecule has 0 bridgehead atoms. The number of primary amides is 1. The number of fused-ring (bicyclic) bond motifs is 3. The van der Waals surface area contributed by atoms with Gasteiger partial charge >= 0.3 is 6.03 Å². The van der Waals surface area contributed by atoms with Crippen LogP contribution in [-0.2, 0) is 27.3 Å². The molecule has 44 heavy (non-hydrogen) atoms. The normalized spacial score (nSPS) is 26.5. The molecule has 1 heterocycles. The Morgan fingerprint density at radius 1 is 1.20 bits per heavy atom. The summed E-state index contributed by atoms with van der Waals surface area (Å²) in [6.07, 6.45) is 0.531. The summed E-state index contributed by atoms with van der Waals surface area (Å²) in [6.45, 7) is 3.53. The third kappa shape index (κ3) is 4.79. The number of carbonyl (C=O) groups excluding carboxylic acids is 4. The van der Waals surface area contributed by atoms with Crippen molar-refractivity contribution >= 4 is 23.5 Å². The molecule has 0 radical (unpaired) electrons. The molecule has 1 fully saturated rings. The number of phenolic OH excluding ortho intramolecular Hbond substituents is 1. The lowest BCUT2D eigenvalue weighted by atomic mass is 9.58. The minimum absolute atomic E-state index is 0.0162. The fourth-order valence-corrected chi connectivity index (χ4v) is 6.88. The van der Waals surface area contributed by atoms with Crippen molar-refractivity contribution in [3.05, 3.63) is 51.0 Å². The molecule has 13 heteroatoms. The molecule has 7 N–H and O–H groups in total. The van der Waals surface area contributed by atoms with Crippen molar-refractivity contribution in [1.29, 1.82) is 0 Å². The molecular formula is C31H36N4O9. The van der Waals surface area contributed by atoms with Crippen LogP contribution in [0.25, 0.3) is 0 Å². The van der Waals surface area contributed by atoms with Crippen molar-refractivity contribution in [1.82, 2.24) is 15.1 Å². The van der Waals surface area contributed by atoms with Crippen LogP contribution < -0.4 is 11.1 Å². The number of ether oxygens (including phenoxy) is 1. The average molecular weight is 609 g/mol. The number of phenols is 1. The van der Waals surface area contributed by atoms with Gasteiger partial charge in [0.1, 0.15) is 22.8 Å². The predicted molar refractivity (Wildman–Crippen MR) is 155 cm³/mol. The molecule has 0 saturated carbocycles. The molecular weight excluding hydrogens is 572 g/mol. The number of aliphatic hydroxyl groups is 3. The number of benzene rings is 1. The van der Waals surface area contributed by atoms with Crippen LogP contribution in [0.2, 0.25) is 0 Å². The van der Waals surface area contributed by atoms with Gasteiger partial charge in [-0.2, -0.15) is 0 Å². The lowest BCUT2D eigenvalue weighted by Crippen LogP contribution is -2.63. The highest BCUT2D eigenvalue weighted by atomic mass is 16.5. The molecule has 5 rings (SSSR count). The molecule has 1 aromatic carbocycles. The van der Waals surface area contributed by atoms with Gasteiger partial charge in [0.25, 0.3) is 5.91 Å². The van der Waals surface area contributed by atoms with E-state index in [1.807, 2.05) is 6.92 Å². The van der Waals surface area contributed by atoms with Crippen LogP contribution in [-0.4, -0.2) is 106 Å². The SMILES string of the molecule is CCC#Cc1cc(CNC(=O)N2CCOCC2)c2c(c1O)C(=O)C1=C(O)[C@]3(O)C(=O)C(C(N)=O)=C(O)[C@@H](N(C)C)[C@@H]3C[C@@H]1C2. The number of morpholine rings is 1. The summed E-state index contributed by atoms with van der Waals surface area (Å²) < 4.78 is 5.31. The molecule has 4 atom stereocenters. The number of aliphatic hydroxyl groups excluding tert-OH is 2. The first-order valence-electron chi connectivity index (χ1n) is 14.5. The second kappa shape index (κ2) is 11.6. The zero-order chi connectivity index (χ0) is 32.1. The molecule has 3 aliphatic carbocycles. The molecule has 234 valence electrons. The van der Waals surface area contributed by atoms with Crippen LogP contribution in [0.3, 0.4) is 0 Å². The van der Waals surface area contributed by atoms with Gasteiger partial charge in [-0.15, -0.1) is 0 Å². The van der Waals surface area contributed by atoms with Crippen molar-refractivity contribution in [3.8, 4) is 17.6 Å². The second-order valence-electron chi connectivity index (χ2n) is 11.7. The highest BCUT2D eigenvalue weighted by Crippen LogP contribution is 2.52. The number of rotatable bonds is 4. The van der Waals surface area contributed by atoms with Crippen LogP contribution in [0.4, 0.5) is 4.79 Å². The fourth-order valence-electron chi connectivity index (χ4n) is 6.88. The lowest BCUT2D eigenvalue weighted by molar-refractivity contribution is -0.148. The van der Waals surface area contributed by atoms with Crippen molar-refractivity contribution in [2.45, 2.75) is 44.4 Å². The minimum Gasteiger partial charge on any atom is -0.510 e. The summed E-state index contributed by atoms with van der Waals surface area (Å²) in [6, 6.07) is 0.215. The Kier molecular flexibility index (Phi) is 8.19. The number of hydrogen-bond acceptors (Lipinski definition) is 10.